The first-order valence-corrected chi connectivity index (χ1v) is 11.7. The maximum Gasteiger partial charge on any atom is 0.247 e. The number of aromatic nitrogens is 4. The van der Waals surface area contributed by atoms with Crippen molar-refractivity contribution in [1.82, 2.24) is 19.6 Å². The van der Waals surface area contributed by atoms with Crippen molar-refractivity contribution in [1.29, 1.82) is 0 Å². The highest BCUT2D eigenvalue weighted by Gasteiger charge is 2.11. The first-order chi connectivity index (χ1) is 17.7. The largest absolute Gasteiger partial charge is 0.497 e. The van der Waals surface area contributed by atoms with Gasteiger partial charge in [-0.2, -0.15) is 4.98 Å². The summed E-state index contributed by atoms with van der Waals surface area (Å²) in [7, 11) is 1.66. The number of nitrogen functional groups attached to an aromatic ring is 1. The standard InChI is InChI=1S/C29H24N6O/c1-36-24-13-10-19(11-14-24)16-22-17-21-18-23(12-15-25(21)32-28(22)30)31-29-33-27-9-5-8-26(35(27)34-29)20-6-3-2-4-7-20/h2-15,17-18H,16H2,1H3,(H2,30,32)(H,31,34). The summed E-state index contributed by atoms with van der Waals surface area (Å²) in [5.74, 6) is 1.89. The normalized spacial score (nSPS) is 11.1. The molecule has 0 saturated carbocycles. The van der Waals surface area contributed by atoms with Crippen molar-refractivity contribution < 1.29 is 4.74 Å². The molecule has 0 fully saturated rings. The summed E-state index contributed by atoms with van der Waals surface area (Å²) in [6.45, 7) is 0. The third-order valence-electron chi connectivity index (χ3n) is 6.17. The topological polar surface area (TPSA) is 90.4 Å². The average Bonchev–Trinajstić information content (AvgIpc) is 3.33. The molecule has 36 heavy (non-hydrogen) atoms. The van der Waals surface area contributed by atoms with Gasteiger partial charge >= 0.3 is 0 Å². The van der Waals surface area contributed by atoms with E-state index < -0.39 is 0 Å². The minimum Gasteiger partial charge on any atom is -0.497 e. The van der Waals surface area contributed by atoms with Gasteiger partial charge in [0.05, 0.1) is 18.3 Å². The van der Waals surface area contributed by atoms with Gasteiger partial charge < -0.3 is 15.8 Å². The number of rotatable bonds is 6. The van der Waals surface area contributed by atoms with Crippen LogP contribution in [0.25, 0.3) is 27.8 Å². The molecule has 0 aliphatic heterocycles. The monoisotopic (exact) mass is 472 g/mol. The Hall–Kier alpha value is -4.91. The molecule has 6 aromatic rings. The summed E-state index contributed by atoms with van der Waals surface area (Å²) in [5.41, 5.74) is 13.0. The Morgan fingerprint density at radius 2 is 1.69 bits per heavy atom. The number of nitrogens with two attached hydrogens (primary N) is 1. The van der Waals surface area contributed by atoms with Crippen molar-refractivity contribution >= 4 is 34.0 Å². The number of benzene rings is 3. The molecule has 7 heteroatoms. The van der Waals surface area contributed by atoms with Gasteiger partial charge in [0, 0.05) is 23.1 Å². The fraction of sp³-hybridized carbons (Fsp3) is 0.0690. The third-order valence-corrected chi connectivity index (χ3v) is 6.17. The smallest absolute Gasteiger partial charge is 0.247 e. The predicted octanol–water partition coefficient (Wildman–Crippen LogP) is 5.87. The zero-order valence-electron chi connectivity index (χ0n) is 19.7. The number of nitrogens with zero attached hydrogens (tertiary/aromatic N) is 4. The minimum atomic E-state index is 0.527. The number of methoxy groups -OCH3 is 1. The molecule has 0 radical (unpaired) electrons. The maximum atomic E-state index is 6.28. The number of fused-ring (bicyclic) bond motifs is 2. The summed E-state index contributed by atoms with van der Waals surface area (Å²) in [6, 6.07) is 32.2. The molecule has 7 nitrogen and oxygen atoms in total. The Balaban J connectivity index is 1.30. The molecule has 3 heterocycles. The van der Waals surface area contributed by atoms with Gasteiger partial charge in [-0.05, 0) is 59.7 Å². The molecule has 3 aromatic heterocycles. The number of nitrogens with one attached hydrogen (secondary N) is 1. The Labute approximate surface area is 208 Å². The quantitative estimate of drug-likeness (QED) is 0.315. The number of ether oxygens (including phenoxy) is 1. The Bertz CT molecular complexity index is 1680. The van der Waals surface area contributed by atoms with Crippen LogP contribution in [0.4, 0.5) is 17.5 Å². The van der Waals surface area contributed by atoms with Crippen LogP contribution >= 0.6 is 0 Å². The van der Waals surface area contributed by atoms with Crippen LogP contribution < -0.4 is 15.8 Å². The minimum absolute atomic E-state index is 0.527. The van der Waals surface area contributed by atoms with Gasteiger partial charge in [-0.15, -0.1) is 5.10 Å². The molecule has 176 valence electrons. The van der Waals surface area contributed by atoms with Crippen LogP contribution in [-0.2, 0) is 6.42 Å². The summed E-state index contributed by atoms with van der Waals surface area (Å²) in [5, 5.41) is 9.05. The lowest BCUT2D eigenvalue weighted by Gasteiger charge is -2.10. The molecule has 6 rings (SSSR count). The van der Waals surface area contributed by atoms with Crippen molar-refractivity contribution in [3.8, 4) is 17.0 Å². The van der Waals surface area contributed by atoms with Crippen LogP contribution in [0.2, 0.25) is 0 Å². The van der Waals surface area contributed by atoms with Gasteiger partial charge in [-0.1, -0.05) is 48.5 Å². The summed E-state index contributed by atoms with van der Waals surface area (Å²) in [6.07, 6.45) is 0.687. The first kappa shape index (κ1) is 21.6. The average molecular weight is 473 g/mol. The fourth-order valence-electron chi connectivity index (χ4n) is 4.33. The zero-order chi connectivity index (χ0) is 24.5. The zero-order valence-corrected chi connectivity index (χ0v) is 19.7. The van der Waals surface area contributed by atoms with Gasteiger partial charge in [0.2, 0.25) is 5.95 Å². The highest BCUT2D eigenvalue weighted by molar-refractivity contribution is 5.85. The van der Waals surface area contributed by atoms with Crippen molar-refractivity contribution in [2.24, 2.45) is 0 Å². The van der Waals surface area contributed by atoms with Gasteiger partial charge in [0.25, 0.3) is 0 Å². The van der Waals surface area contributed by atoms with E-state index >= 15 is 0 Å². The number of anilines is 3. The molecule has 0 amide bonds. The first-order valence-electron chi connectivity index (χ1n) is 11.7. The lowest BCUT2D eigenvalue weighted by Crippen LogP contribution is -2.00. The maximum absolute atomic E-state index is 6.28. The summed E-state index contributed by atoms with van der Waals surface area (Å²) in [4.78, 5) is 9.29. The van der Waals surface area contributed by atoms with Crippen LogP contribution in [0, 0.1) is 0 Å². The van der Waals surface area contributed by atoms with Gasteiger partial charge in [-0.3, -0.25) is 0 Å². The summed E-state index contributed by atoms with van der Waals surface area (Å²) < 4.78 is 7.11. The van der Waals surface area contributed by atoms with Crippen LogP contribution in [0.1, 0.15) is 11.1 Å². The molecule has 3 N–H and O–H groups in total. The van der Waals surface area contributed by atoms with Crippen molar-refractivity contribution in [3.05, 3.63) is 108 Å². The third kappa shape index (κ3) is 4.18. The molecule has 0 spiro atoms. The number of hydrogen-bond donors (Lipinski definition) is 2. The number of pyridine rings is 2. The van der Waals surface area contributed by atoms with E-state index in [-0.39, 0.29) is 0 Å². The van der Waals surface area contributed by atoms with Crippen LogP contribution in [0.15, 0.2) is 97.1 Å². The van der Waals surface area contributed by atoms with E-state index in [1.54, 1.807) is 7.11 Å². The van der Waals surface area contributed by atoms with Crippen molar-refractivity contribution in [2.45, 2.75) is 6.42 Å². The van der Waals surface area contributed by atoms with Crippen LogP contribution in [-0.4, -0.2) is 26.7 Å². The molecule has 0 atom stereocenters. The second-order valence-electron chi connectivity index (χ2n) is 8.57. The highest BCUT2D eigenvalue weighted by atomic mass is 16.5. The lowest BCUT2D eigenvalue weighted by atomic mass is 10.0. The predicted molar refractivity (Wildman–Crippen MR) is 144 cm³/mol. The molecule has 0 saturated heterocycles. The molecular formula is C29H24N6O. The van der Waals surface area contributed by atoms with Crippen LogP contribution in [0.5, 0.6) is 5.75 Å². The second-order valence-corrected chi connectivity index (χ2v) is 8.57. The van der Waals surface area contributed by atoms with Gasteiger partial charge in [0.15, 0.2) is 5.65 Å². The van der Waals surface area contributed by atoms with Crippen LogP contribution in [0.3, 0.4) is 0 Å². The Morgan fingerprint density at radius 1 is 0.861 bits per heavy atom. The molecule has 0 bridgehead atoms. The van der Waals surface area contributed by atoms with Crippen molar-refractivity contribution in [3.63, 3.8) is 0 Å². The van der Waals surface area contributed by atoms with E-state index in [4.69, 9.17) is 15.6 Å². The van der Waals surface area contributed by atoms with E-state index in [1.807, 2.05) is 83.4 Å². The van der Waals surface area contributed by atoms with Gasteiger partial charge in [-0.25, -0.2) is 9.50 Å². The molecule has 0 aliphatic carbocycles. The fourth-order valence-corrected chi connectivity index (χ4v) is 4.33. The molecule has 0 aliphatic rings. The Kier molecular flexibility index (Phi) is 5.42. The van der Waals surface area contributed by atoms with Gasteiger partial charge in [0.1, 0.15) is 11.6 Å². The highest BCUT2D eigenvalue weighted by Crippen LogP contribution is 2.26. The van der Waals surface area contributed by atoms with E-state index in [1.165, 1.54) is 0 Å². The lowest BCUT2D eigenvalue weighted by molar-refractivity contribution is 0.414. The van der Waals surface area contributed by atoms with Crippen molar-refractivity contribution in [2.75, 3.05) is 18.2 Å². The van der Waals surface area contributed by atoms with E-state index in [2.05, 4.69) is 33.5 Å². The molecule has 3 aromatic carbocycles. The molecular weight excluding hydrogens is 448 g/mol. The van der Waals surface area contributed by atoms with E-state index in [9.17, 15) is 0 Å². The summed E-state index contributed by atoms with van der Waals surface area (Å²) >= 11 is 0. The Morgan fingerprint density at radius 3 is 2.50 bits per heavy atom. The number of hydrogen-bond acceptors (Lipinski definition) is 6. The SMILES string of the molecule is COc1ccc(Cc2cc3cc(Nc4nc5cccc(-c6ccccc6)n5n4)ccc3nc2N)cc1. The second kappa shape index (κ2) is 9.03. The van der Waals surface area contributed by atoms with E-state index in [0.29, 0.717) is 18.2 Å². The van der Waals surface area contributed by atoms with E-state index in [0.717, 1.165) is 50.4 Å². The molecule has 0 unspecified atom stereocenters.